The van der Waals surface area contributed by atoms with E-state index < -0.39 is 11.9 Å². The lowest BCUT2D eigenvalue weighted by Gasteiger charge is -2.14. The lowest BCUT2D eigenvalue weighted by Crippen LogP contribution is -2.35. The van der Waals surface area contributed by atoms with E-state index in [4.69, 9.17) is 16.3 Å². The van der Waals surface area contributed by atoms with Gasteiger partial charge in [-0.15, -0.1) is 0 Å². The molecule has 0 aliphatic heterocycles. The van der Waals surface area contributed by atoms with E-state index in [1.165, 1.54) is 7.11 Å². The zero-order chi connectivity index (χ0) is 18.2. The van der Waals surface area contributed by atoms with Crippen molar-refractivity contribution in [1.29, 1.82) is 0 Å². The van der Waals surface area contributed by atoms with E-state index in [0.717, 1.165) is 5.56 Å². The largest absolute Gasteiger partial charge is 0.496 e. The molecular formula is C19H20ClNO4. The first-order valence-corrected chi connectivity index (χ1v) is 8.23. The van der Waals surface area contributed by atoms with Crippen LogP contribution < -0.4 is 10.1 Å². The fourth-order valence-corrected chi connectivity index (χ4v) is 2.70. The maximum atomic E-state index is 12.2. The third-order valence-electron chi connectivity index (χ3n) is 3.81. The summed E-state index contributed by atoms with van der Waals surface area (Å²) in [5.74, 6) is -1.34. The van der Waals surface area contributed by atoms with Crippen molar-refractivity contribution in [3.8, 4) is 5.75 Å². The fraction of sp³-hybridized carbons (Fsp3) is 0.263. The summed E-state index contributed by atoms with van der Waals surface area (Å²) in [7, 11) is 1.52. The van der Waals surface area contributed by atoms with Crippen molar-refractivity contribution >= 4 is 23.5 Å². The molecule has 2 aromatic carbocycles. The number of aliphatic carboxylic acids is 1. The number of rotatable bonds is 8. The Bertz CT molecular complexity index is 733. The number of hydrogen-bond donors (Lipinski definition) is 2. The fourth-order valence-electron chi connectivity index (χ4n) is 2.50. The van der Waals surface area contributed by atoms with Gasteiger partial charge < -0.3 is 15.2 Å². The van der Waals surface area contributed by atoms with Crippen LogP contribution >= 0.6 is 11.6 Å². The number of carbonyl (C=O) groups excluding carboxylic acids is 1. The zero-order valence-electron chi connectivity index (χ0n) is 13.9. The molecule has 5 nitrogen and oxygen atoms in total. The standard InChI is InChI=1S/C19H20ClNO4/c1-25-17-8-7-16(20)10-14(17)11-18(22)21-12-15(19(23)24)9-13-5-3-2-4-6-13/h2-8,10,15H,9,11-12H2,1H3,(H,21,22)(H,23,24). The number of amides is 1. The lowest BCUT2D eigenvalue weighted by atomic mass is 9.99. The van der Waals surface area contributed by atoms with E-state index in [0.29, 0.717) is 22.8 Å². The predicted molar refractivity (Wildman–Crippen MR) is 96.0 cm³/mol. The quantitative estimate of drug-likeness (QED) is 0.758. The lowest BCUT2D eigenvalue weighted by molar-refractivity contribution is -0.141. The molecule has 0 fully saturated rings. The molecule has 0 bridgehead atoms. The summed E-state index contributed by atoms with van der Waals surface area (Å²) in [4.78, 5) is 23.6. The van der Waals surface area contributed by atoms with Crippen molar-refractivity contribution in [3.05, 3.63) is 64.7 Å². The molecule has 2 N–H and O–H groups in total. The highest BCUT2D eigenvalue weighted by molar-refractivity contribution is 6.30. The molecule has 1 unspecified atom stereocenters. The van der Waals surface area contributed by atoms with Crippen LogP contribution in [-0.2, 0) is 22.4 Å². The van der Waals surface area contributed by atoms with Crippen LogP contribution in [0.3, 0.4) is 0 Å². The van der Waals surface area contributed by atoms with Gasteiger partial charge in [0.25, 0.3) is 0 Å². The third-order valence-corrected chi connectivity index (χ3v) is 4.05. The highest BCUT2D eigenvalue weighted by Gasteiger charge is 2.19. The summed E-state index contributed by atoms with van der Waals surface area (Å²) < 4.78 is 5.21. The normalized spacial score (nSPS) is 11.6. The maximum absolute atomic E-state index is 12.2. The van der Waals surface area contributed by atoms with Gasteiger partial charge in [-0.25, -0.2) is 0 Å². The first-order chi connectivity index (χ1) is 12.0. The van der Waals surface area contributed by atoms with E-state index in [9.17, 15) is 14.7 Å². The van der Waals surface area contributed by atoms with Crippen molar-refractivity contribution in [2.75, 3.05) is 13.7 Å². The number of carboxylic acids is 1. The van der Waals surface area contributed by atoms with Crippen LogP contribution in [0.5, 0.6) is 5.75 Å². The van der Waals surface area contributed by atoms with Crippen LogP contribution in [0.25, 0.3) is 0 Å². The molecule has 132 valence electrons. The smallest absolute Gasteiger partial charge is 0.308 e. The summed E-state index contributed by atoms with van der Waals surface area (Å²) in [5, 5.41) is 12.6. The van der Waals surface area contributed by atoms with Gasteiger partial charge in [-0.1, -0.05) is 41.9 Å². The number of carboxylic acid groups (broad SMARTS) is 1. The van der Waals surface area contributed by atoms with Gasteiger partial charge in [0.15, 0.2) is 0 Å². The van der Waals surface area contributed by atoms with Crippen LogP contribution in [0.2, 0.25) is 5.02 Å². The zero-order valence-corrected chi connectivity index (χ0v) is 14.6. The van der Waals surface area contributed by atoms with Crippen molar-refractivity contribution in [1.82, 2.24) is 5.32 Å². The molecule has 0 saturated carbocycles. The molecule has 0 aromatic heterocycles. The third kappa shape index (κ3) is 5.80. The summed E-state index contributed by atoms with van der Waals surface area (Å²) >= 11 is 5.95. The molecule has 6 heteroatoms. The van der Waals surface area contributed by atoms with Gasteiger partial charge in [-0.2, -0.15) is 0 Å². The first kappa shape index (κ1) is 18.8. The Kier molecular flexibility index (Phi) is 6.83. The number of halogens is 1. The first-order valence-electron chi connectivity index (χ1n) is 7.85. The number of carbonyl (C=O) groups is 2. The molecule has 2 aromatic rings. The average molecular weight is 362 g/mol. The molecule has 2 rings (SSSR count). The van der Waals surface area contributed by atoms with Gasteiger partial charge in [0.1, 0.15) is 5.75 Å². The number of methoxy groups -OCH3 is 1. The van der Waals surface area contributed by atoms with Gasteiger partial charge in [0, 0.05) is 17.1 Å². The van der Waals surface area contributed by atoms with Gasteiger partial charge in [-0.05, 0) is 30.2 Å². The van der Waals surface area contributed by atoms with E-state index in [1.807, 2.05) is 30.3 Å². The van der Waals surface area contributed by atoms with Crippen molar-refractivity contribution < 1.29 is 19.4 Å². The summed E-state index contributed by atoms with van der Waals surface area (Å²) in [6, 6.07) is 14.4. The Balaban J connectivity index is 1.95. The van der Waals surface area contributed by atoms with Crippen LogP contribution in [0.1, 0.15) is 11.1 Å². The molecule has 0 radical (unpaired) electrons. The van der Waals surface area contributed by atoms with E-state index in [-0.39, 0.29) is 18.9 Å². The van der Waals surface area contributed by atoms with E-state index in [1.54, 1.807) is 18.2 Å². The van der Waals surface area contributed by atoms with Gasteiger partial charge in [0.05, 0.1) is 19.4 Å². The maximum Gasteiger partial charge on any atom is 0.308 e. The molecule has 0 aliphatic carbocycles. The summed E-state index contributed by atoms with van der Waals surface area (Å²) in [6.45, 7) is 0.0615. The van der Waals surface area contributed by atoms with E-state index in [2.05, 4.69) is 5.32 Å². The molecule has 0 spiro atoms. The Morgan fingerprint density at radius 2 is 1.92 bits per heavy atom. The summed E-state index contributed by atoms with van der Waals surface area (Å²) in [6.07, 6.45) is 0.429. The molecular weight excluding hydrogens is 342 g/mol. The van der Waals surface area contributed by atoms with Gasteiger partial charge >= 0.3 is 5.97 Å². The van der Waals surface area contributed by atoms with Crippen LogP contribution in [0, 0.1) is 5.92 Å². The number of hydrogen-bond acceptors (Lipinski definition) is 3. The van der Waals surface area contributed by atoms with Crippen LogP contribution in [0.4, 0.5) is 0 Å². The van der Waals surface area contributed by atoms with Crippen LogP contribution in [0.15, 0.2) is 48.5 Å². The predicted octanol–water partition coefficient (Wildman–Crippen LogP) is 2.95. The molecule has 1 atom stereocenters. The van der Waals surface area contributed by atoms with Crippen molar-refractivity contribution in [2.24, 2.45) is 5.92 Å². The Morgan fingerprint density at radius 3 is 2.56 bits per heavy atom. The molecule has 0 heterocycles. The topological polar surface area (TPSA) is 75.6 Å². The van der Waals surface area contributed by atoms with Crippen molar-refractivity contribution in [2.45, 2.75) is 12.8 Å². The molecule has 0 saturated heterocycles. The second-order valence-electron chi connectivity index (χ2n) is 5.66. The highest BCUT2D eigenvalue weighted by atomic mass is 35.5. The van der Waals surface area contributed by atoms with E-state index >= 15 is 0 Å². The number of ether oxygens (including phenoxy) is 1. The number of benzene rings is 2. The Hall–Kier alpha value is -2.53. The minimum Gasteiger partial charge on any atom is -0.496 e. The van der Waals surface area contributed by atoms with Gasteiger partial charge in [0.2, 0.25) is 5.91 Å². The Labute approximate surface area is 151 Å². The molecule has 0 aliphatic rings. The van der Waals surface area contributed by atoms with Crippen molar-refractivity contribution in [3.63, 3.8) is 0 Å². The number of nitrogens with one attached hydrogen (secondary N) is 1. The second kappa shape index (κ2) is 9.08. The minimum atomic E-state index is -0.940. The monoisotopic (exact) mass is 361 g/mol. The highest BCUT2D eigenvalue weighted by Crippen LogP contribution is 2.23. The molecule has 25 heavy (non-hydrogen) atoms. The summed E-state index contributed by atoms with van der Waals surface area (Å²) in [5.41, 5.74) is 1.57. The second-order valence-corrected chi connectivity index (χ2v) is 6.10. The minimum absolute atomic E-state index is 0.0615. The van der Waals surface area contributed by atoms with Crippen LogP contribution in [-0.4, -0.2) is 30.6 Å². The molecule has 1 amide bonds. The Morgan fingerprint density at radius 1 is 1.20 bits per heavy atom. The SMILES string of the molecule is COc1ccc(Cl)cc1CC(=O)NCC(Cc1ccccc1)C(=O)O. The average Bonchev–Trinajstić information content (AvgIpc) is 2.59. The van der Waals surface area contributed by atoms with Gasteiger partial charge in [-0.3, -0.25) is 9.59 Å².